The predicted octanol–water partition coefficient (Wildman–Crippen LogP) is 2.17. The first-order valence-electron chi connectivity index (χ1n) is 4.03. The van der Waals surface area contributed by atoms with E-state index in [1.165, 1.54) is 6.07 Å². The summed E-state index contributed by atoms with van der Waals surface area (Å²) in [7, 11) is 0. The summed E-state index contributed by atoms with van der Waals surface area (Å²) in [5.41, 5.74) is 1.10. The van der Waals surface area contributed by atoms with Crippen molar-refractivity contribution in [1.29, 1.82) is 5.26 Å². The van der Waals surface area contributed by atoms with Gasteiger partial charge in [-0.3, -0.25) is 0 Å². The molecule has 0 atom stereocenters. The molecule has 0 aromatic heterocycles. The van der Waals surface area contributed by atoms with Gasteiger partial charge in [0.05, 0.1) is 18.2 Å². The van der Waals surface area contributed by atoms with Crippen molar-refractivity contribution in [2.45, 2.75) is 6.42 Å². The molecule has 0 radical (unpaired) electrons. The molecule has 1 nitrogen and oxygen atoms in total. The molecular weight excluding hydrogens is 197 g/mol. The van der Waals surface area contributed by atoms with Gasteiger partial charge in [-0.15, -0.1) is 0 Å². The molecule has 0 spiro atoms. The van der Waals surface area contributed by atoms with Crippen LogP contribution in [0, 0.1) is 29.0 Å². The predicted molar refractivity (Wildman–Crippen MR) is 56.4 cm³/mol. The molecule has 0 unspecified atom stereocenters. The Labute approximate surface area is 88.0 Å². The summed E-state index contributed by atoms with van der Waals surface area (Å²) < 4.78 is 13.1. The van der Waals surface area contributed by atoms with Crippen LogP contribution in [0.15, 0.2) is 18.2 Å². The fraction of sp³-hybridized carbons (Fsp3) is 0.182. The van der Waals surface area contributed by atoms with Gasteiger partial charge in [0.25, 0.3) is 0 Å². The number of halogens is 1. The van der Waals surface area contributed by atoms with Gasteiger partial charge in [0.2, 0.25) is 0 Å². The summed E-state index contributed by atoms with van der Waals surface area (Å²) in [4.78, 5) is 0. The Kier molecular flexibility index (Phi) is 4.04. The highest BCUT2D eigenvalue weighted by Gasteiger charge is 2.01. The van der Waals surface area contributed by atoms with Crippen LogP contribution in [0.3, 0.4) is 0 Å². The third-order valence-electron chi connectivity index (χ3n) is 1.63. The van der Waals surface area contributed by atoms with E-state index in [2.05, 4.69) is 24.5 Å². The Hall–Kier alpha value is -1.45. The van der Waals surface area contributed by atoms with Crippen LogP contribution >= 0.6 is 12.6 Å². The molecule has 14 heavy (non-hydrogen) atoms. The second-order valence-electron chi connectivity index (χ2n) is 2.60. The highest BCUT2D eigenvalue weighted by Crippen LogP contribution is 2.10. The van der Waals surface area contributed by atoms with Crippen LogP contribution in [0.4, 0.5) is 4.39 Å². The van der Waals surface area contributed by atoms with E-state index in [1.807, 2.05) is 6.07 Å². The van der Waals surface area contributed by atoms with E-state index in [1.54, 1.807) is 12.1 Å². The average Bonchev–Trinajstić information content (AvgIpc) is 2.19. The number of nitrogens with zero attached hydrogens (tertiary/aromatic N) is 1. The van der Waals surface area contributed by atoms with Crippen LogP contribution < -0.4 is 0 Å². The quantitative estimate of drug-likeness (QED) is 0.551. The molecule has 1 rings (SSSR count). The van der Waals surface area contributed by atoms with E-state index in [-0.39, 0.29) is 12.2 Å². The van der Waals surface area contributed by atoms with Crippen molar-refractivity contribution >= 4 is 12.6 Å². The normalized spacial score (nSPS) is 8.64. The second kappa shape index (κ2) is 5.32. The van der Waals surface area contributed by atoms with E-state index in [0.29, 0.717) is 16.9 Å². The fourth-order valence-corrected chi connectivity index (χ4v) is 1.09. The van der Waals surface area contributed by atoms with Gasteiger partial charge in [-0.25, -0.2) is 4.39 Å². The minimum Gasteiger partial charge on any atom is -0.207 e. The molecule has 0 amide bonds. The van der Waals surface area contributed by atoms with Gasteiger partial charge < -0.3 is 0 Å². The summed E-state index contributed by atoms with van der Waals surface area (Å²) in [5.74, 6) is 5.68. The van der Waals surface area contributed by atoms with Crippen molar-refractivity contribution in [2.75, 3.05) is 5.75 Å². The summed E-state index contributed by atoms with van der Waals surface area (Å²) >= 11 is 3.94. The van der Waals surface area contributed by atoms with Crippen LogP contribution in [0.5, 0.6) is 0 Å². The zero-order valence-electron chi connectivity index (χ0n) is 7.42. The van der Waals surface area contributed by atoms with Crippen LogP contribution in [-0.4, -0.2) is 5.75 Å². The topological polar surface area (TPSA) is 23.8 Å². The van der Waals surface area contributed by atoms with Crippen molar-refractivity contribution in [3.63, 3.8) is 0 Å². The lowest BCUT2D eigenvalue weighted by molar-refractivity contribution is 0.615. The first kappa shape index (κ1) is 10.6. The molecule has 0 fully saturated rings. The van der Waals surface area contributed by atoms with E-state index in [9.17, 15) is 4.39 Å². The standard InChI is InChI=1S/C11H8FNS/c12-11-4-3-9(2-1-7-14)8-10(11)5-6-13/h3-4,8,14H,5,7H2. The first-order chi connectivity index (χ1) is 6.77. The van der Waals surface area contributed by atoms with Crippen LogP contribution in [0.1, 0.15) is 11.1 Å². The maximum absolute atomic E-state index is 13.1. The van der Waals surface area contributed by atoms with Crippen LogP contribution in [-0.2, 0) is 6.42 Å². The van der Waals surface area contributed by atoms with Crippen molar-refractivity contribution in [1.82, 2.24) is 0 Å². The highest BCUT2D eigenvalue weighted by molar-refractivity contribution is 7.80. The van der Waals surface area contributed by atoms with Crippen molar-refractivity contribution in [3.8, 4) is 17.9 Å². The van der Waals surface area contributed by atoms with Crippen molar-refractivity contribution in [3.05, 3.63) is 35.1 Å². The molecule has 0 heterocycles. The number of thiol groups is 1. The molecule has 3 heteroatoms. The van der Waals surface area contributed by atoms with Crippen molar-refractivity contribution < 1.29 is 4.39 Å². The lowest BCUT2D eigenvalue weighted by Crippen LogP contribution is -1.89. The maximum Gasteiger partial charge on any atom is 0.127 e. The monoisotopic (exact) mass is 205 g/mol. The number of nitriles is 1. The molecule has 0 bridgehead atoms. The lowest BCUT2D eigenvalue weighted by Gasteiger charge is -1.97. The number of hydrogen-bond acceptors (Lipinski definition) is 2. The van der Waals surface area contributed by atoms with Crippen LogP contribution in [0.2, 0.25) is 0 Å². The van der Waals surface area contributed by atoms with Crippen LogP contribution in [0.25, 0.3) is 0 Å². The third kappa shape index (κ3) is 2.80. The van der Waals surface area contributed by atoms with Gasteiger partial charge in [-0.1, -0.05) is 11.8 Å². The number of hydrogen-bond donors (Lipinski definition) is 1. The SMILES string of the molecule is N#CCc1cc(C#CCS)ccc1F. The Morgan fingerprint density at radius 3 is 2.86 bits per heavy atom. The molecule has 70 valence electrons. The molecule has 1 aromatic carbocycles. The van der Waals surface area contributed by atoms with E-state index < -0.39 is 0 Å². The third-order valence-corrected chi connectivity index (χ3v) is 1.79. The molecule has 0 aliphatic rings. The summed E-state index contributed by atoms with van der Waals surface area (Å²) in [5, 5.41) is 8.45. The molecule has 0 aliphatic carbocycles. The maximum atomic E-state index is 13.1. The largest absolute Gasteiger partial charge is 0.207 e. The smallest absolute Gasteiger partial charge is 0.127 e. The molecule has 0 saturated carbocycles. The first-order valence-corrected chi connectivity index (χ1v) is 4.66. The molecule has 0 N–H and O–H groups in total. The number of rotatable bonds is 1. The minimum absolute atomic E-state index is 0.0717. The van der Waals surface area contributed by atoms with Gasteiger partial charge in [0.1, 0.15) is 5.82 Å². The summed E-state index contributed by atoms with van der Waals surface area (Å²) in [6, 6.07) is 6.42. The van der Waals surface area contributed by atoms with Crippen molar-refractivity contribution in [2.24, 2.45) is 0 Å². The van der Waals surface area contributed by atoms with Gasteiger partial charge in [0, 0.05) is 11.1 Å². The zero-order chi connectivity index (χ0) is 10.4. The van der Waals surface area contributed by atoms with E-state index >= 15 is 0 Å². The van der Waals surface area contributed by atoms with Gasteiger partial charge in [-0.05, 0) is 18.2 Å². The molecule has 0 aliphatic heterocycles. The Bertz CT molecular complexity index is 423. The van der Waals surface area contributed by atoms with Gasteiger partial charge in [-0.2, -0.15) is 17.9 Å². The van der Waals surface area contributed by atoms with E-state index in [0.717, 1.165) is 0 Å². The second-order valence-corrected chi connectivity index (χ2v) is 2.92. The average molecular weight is 205 g/mol. The summed E-state index contributed by atoms with van der Waals surface area (Å²) in [6.45, 7) is 0. The van der Waals surface area contributed by atoms with Gasteiger partial charge in [0.15, 0.2) is 0 Å². The fourth-order valence-electron chi connectivity index (χ4n) is 1.01. The Morgan fingerprint density at radius 2 is 2.21 bits per heavy atom. The Balaban J connectivity index is 3.01. The molecule has 1 aromatic rings. The Morgan fingerprint density at radius 1 is 1.43 bits per heavy atom. The summed E-state index contributed by atoms with van der Waals surface area (Å²) in [6.07, 6.45) is 0.0717. The highest BCUT2D eigenvalue weighted by atomic mass is 32.1. The van der Waals surface area contributed by atoms with Gasteiger partial charge >= 0.3 is 0 Å². The minimum atomic E-state index is -0.358. The molecule has 0 saturated heterocycles. The molecular formula is C11H8FNS. The van der Waals surface area contributed by atoms with E-state index in [4.69, 9.17) is 5.26 Å². The number of benzene rings is 1. The lowest BCUT2D eigenvalue weighted by atomic mass is 10.1. The zero-order valence-corrected chi connectivity index (χ0v) is 8.31.